The van der Waals surface area contributed by atoms with Crippen molar-refractivity contribution in [3.8, 4) is 11.5 Å². The third-order valence-corrected chi connectivity index (χ3v) is 5.35. The van der Waals surface area contributed by atoms with Crippen LogP contribution in [0.25, 0.3) is 0 Å². The van der Waals surface area contributed by atoms with E-state index in [1.165, 1.54) is 18.4 Å². The first-order valence-electron chi connectivity index (χ1n) is 9.99. The van der Waals surface area contributed by atoms with E-state index in [-0.39, 0.29) is 6.61 Å². The standard InChI is InChI=1S/C21H37N3O3/c1-16(2)24(4)14-19(25)15-27-20-7-6-17(12-21(20)26-5)13-22-18-8-10-23(3)11-9-18/h6-7,12,16,18-19,22,25H,8-11,13-15H2,1-5H3. The number of aliphatic hydroxyl groups is 1. The van der Waals surface area contributed by atoms with Gasteiger partial charge in [-0.05, 0) is 71.6 Å². The third kappa shape index (κ3) is 7.30. The molecule has 1 unspecified atom stereocenters. The minimum atomic E-state index is -0.534. The molecule has 1 heterocycles. The first-order valence-corrected chi connectivity index (χ1v) is 9.99. The number of methoxy groups -OCH3 is 1. The fourth-order valence-electron chi connectivity index (χ4n) is 3.20. The van der Waals surface area contributed by atoms with Gasteiger partial charge in [-0.3, -0.25) is 0 Å². The van der Waals surface area contributed by atoms with Gasteiger partial charge in [-0.15, -0.1) is 0 Å². The summed E-state index contributed by atoms with van der Waals surface area (Å²) < 4.78 is 11.3. The molecule has 6 nitrogen and oxygen atoms in total. The van der Waals surface area contributed by atoms with Crippen molar-refractivity contribution >= 4 is 0 Å². The highest BCUT2D eigenvalue weighted by Crippen LogP contribution is 2.28. The quantitative estimate of drug-likeness (QED) is 0.648. The molecule has 1 aromatic carbocycles. The molecule has 0 bridgehead atoms. The Morgan fingerprint density at radius 1 is 1.26 bits per heavy atom. The molecule has 1 aliphatic rings. The van der Waals surface area contributed by atoms with Gasteiger partial charge in [0.05, 0.1) is 7.11 Å². The number of likely N-dealkylation sites (N-methyl/N-ethyl adjacent to an activating group) is 1. The lowest BCUT2D eigenvalue weighted by molar-refractivity contribution is 0.0668. The fourth-order valence-corrected chi connectivity index (χ4v) is 3.20. The Hall–Kier alpha value is -1.34. The van der Waals surface area contributed by atoms with Gasteiger partial charge < -0.3 is 29.7 Å². The first kappa shape index (κ1) is 22.0. The van der Waals surface area contributed by atoms with Crippen molar-refractivity contribution in [3.63, 3.8) is 0 Å². The number of aliphatic hydroxyl groups excluding tert-OH is 1. The molecule has 2 rings (SSSR count). The molecule has 1 aliphatic heterocycles. The van der Waals surface area contributed by atoms with Crippen LogP contribution < -0.4 is 14.8 Å². The van der Waals surface area contributed by atoms with E-state index in [0.717, 1.165) is 19.6 Å². The van der Waals surface area contributed by atoms with Gasteiger partial charge >= 0.3 is 0 Å². The Balaban J connectivity index is 1.84. The Morgan fingerprint density at radius 3 is 2.59 bits per heavy atom. The van der Waals surface area contributed by atoms with Crippen molar-refractivity contribution in [3.05, 3.63) is 23.8 Å². The van der Waals surface area contributed by atoms with Gasteiger partial charge in [-0.25, -0.2) is 0 Å². The lowest BCUT2D eigenvalue weighted by atomic mass is 10.1. The average molecular weight is 380 g/mol. The summed E-state index contributed by atoms with van der Waals surface area (Å²) in [6.07, 6.45) is 1.85. The molecule has 6 heteroatoms. The van der Waals surface area contributed by atoms with Gasteiger partial charge in [-0.1, -0.05) is 6.07 Å². The van der Waals surface area contributed by atoms with Gasteiger partial charge in [0, 0.05) is 25.2 Å². The zero-order valence-electron chi connectivity index (χ0n) is 17.6. The zero-order valence-corrected chi connectivity index (χ0v) is 17.6. The highest BCUT2D eigenvalue weighted by atomic mass is 16.5. The van der Waals surface area contributed by atoms with E-state index in [2.05, 4.69) is 42.1 Å². The van der Waals surface area contributed by atoms with Gasteiger partial charge in [0.25, 0.3) is 0 Å². The molecule has 1 saturated heterocycles. The van der Waals surface area contributed by atoms with Crippen LogP contribution in [0.3, 0.4) is 0 Å². The molecule has 0 radical (unpaired) electrons. The van der Waals surface area contributed by atoms with Crippen LogP contribution in [0.1, 0.15) is 32.3 Å². The Bertz CT molecular complexity index is 560. The zero-order chi connectivity index (χ0) is 19.8. The van der Waals surface area contributed by atoms with Crippen LogP contribution in [0.15, 0.2) is 18.2 Å². The second-order valence-corrected chi connectivity index (χ2v) is 7.94. The van der Waals surface area contributed by atoms with Crippen molar-refractivity contribution in [2.75, 3.05) is 47.4 Å². The Morgan fingerprint density at radius 2 is 1.96 bits per heavy atom. The van der Waals surface area contributed by atoms with E-state index in [1.54, 1.807) is 7.11 Å². The number of benzene rings is 1. The number of nitrogens with one attached hydrogen (secondary N) is 1. The third-order valence-electron chi connectivity index (χ3n) is 5.35. The maximum atomic E-state index is 10.2. The van der Waals surface area contributed by atoms with E-state index >= 15 is 0 Å². The van der Waals surface area contributed by atoms with E-state index in [4.69, 9.17) is 9.47 Å². The van der Waals surface area contributed by atoms with E-state index in [9.17, 15) is 5.11 Å². The van der Waals surface area contributed by atoms with Crippen LogP contribution in [-0.2, 0) is 6.54 Å². The Labute approximate surface area is 164 Å². The number of ether oxygens (including phenoxy) is 2. The van der Waals surface area contributed by atoms with Crippen LogP contribution in [0.5, 0.6) is 11.5 Å². The highest BCUT2D eigenvalue weighted by Gasteiger charge is 2.17. The predicted molar refractivity (Wildman–Crippen MR) is 110 cm³/mol. The summed E-state index contributed by atoms with van der Waals surface area (Å²) in [7, 11) is 5.83. The molecule has 2 N–H and O–H groups in total. The van der Waals surface area contributed by atoms with Crippen molar-refractivity contribution in [1.82, 2.24) is 15.1 Å². The van der Waals surface area contributed by atoms with Gasteiger partial charge in [0.15, 0.2) is 11.5 Å². The molecular formula is C21H37N3O3. The molecule has 0 aromatic heterocycles. The summed E-state index contributed by atoms with van der Waals surface area (Å²) in [5.41, 5.74) is 1.18. The second-order valence-electron chi connectivity index (χ2n) is 7.94. The lowest BCUT2D eigenvalue weighted by Crippen LogP contribution is -2.40. The van der Waals surface area contributed by atoms with Crippen LogP contribution >= 0.6 is 0 Å². The topological polar surface area (TPSA) is 57.2 Å². The largest absolute Gasteiger partial charge is 0.493 e. The van der Waals surface area contributed by atoms with Crippen LogP contribution in [0.2, 0.25) is 0 Å². The molecule has 0 aliphatic carbocycles. The smallest absolute Gasteiger partial charge is 0.161 e. The normalized spacial score (nSPS) is 17.5. The molecule has 27 heavy (non-hydrogen) atoms. The lowest BCUT2D eigenvalue weighted by Gasteiger charge is -2.29. The molecule has 0 saturated carbocycles. The number of nitrogens with zero attached hydrogens (tertiary/aromatic N) is 2. The van der Waals surface area contributed by atoms with Crippen molar-refractivity contribution in [1.29, 1.82) is 0 Å². The monoisotopic (exact) mass is 379 g/mol. The minimum absolute atomic E-state index is 0.251. The van der Waals surface area contributed by atoms with E-state index in [1.807, 2.05) is 19.2 Å². The van der Waals surface area contributed by atoms with Gasteiger partial charge in [0.2, 0.25) is 0 Å². The second kappa shape index (κ2) is 10.9. The number of rotatable bonds is 10. The number of piperidine rings is 1. The van der Waals surface area contributed by atoms with E-state index < -0.39 is 6.10 Å². The van der Waals surface area contributed by atoms with Gasteiger partial charge in [0.1, 0.15) is 12.7 Å². The number of likely N-dealkylation sites (tertiary alicyclic amines) is 1. The maximum Gasteiger partial charge on any atom is 0.161 e. The fraction of sp³-hybridized carbons (Fsp3) is 0.714. The summed E-state index contributed by atoms with van der Waals surface area (Å²) in [5, 5.41) is 13.8. The van der Waals surface area contributed by atoms with Crippen molar-refractivity contribution in [2.45, 2.75) is 51.4 Å². The Kier molecular flexibility index (Phi) is 8.83. The molecule has 0 amide bonds. The molecular weight excluding hydrogens is 342 g/mol. The van der Waals surface area contributed by atoms with Gasteiger partial charge in [-0.2, -0.15) is 0 Å². The van der Waals surface area contributed by atoms with Crippen LogP contribution in [-0.4, -0.2) is 80.5 Å². The summed E-state index contributed by atoms with van der Waals surface area (Å²) in [6, 6.07) is 6.99. The number of hydrogen-bond acceptors (Lipinski definition) is 6. The summed E-state index contributed by atoms with van der Waals surface area (Å²) >= 11 is 0. The summed E-state index contributed by atoms with van der Waals surface area (Å²) in [4.78, 5) is 4.48. The molecule has 1 atom stereocenters. The average Bonchev–Trinajstić information content (AvgIpc) is 2.66. The van der Waals surface area contributed by atoms with Crippen molar-refractivity contribution < 1.29 is 14.6 Å². The maximum absolute atomic E-state index is 10.2. The first-order chi connectivity index (χ1) is 12.9. The molecule has 154 valence electrons. The molecule has 1 fully saturated rings. The molecule has 1 aromatic rings. The summed E-state index contributed by atoms with van der Waals surface area (Å²) in [5.74, 6) is 1.38. The minimum Gasteiger partial charge on any atom is -0.493 e. The SMILES string of the molecule is COc1cc(CNC2CCN(C)CC2)ccc1OCC(O)CN(C)C(C)C. The van der Waals surface area contributed by atoms with Crippen LogP contribution in [0.4, 0.5) is 0 Å². The molecule has 0 spiro atoms. The van der Waals surface area contributed by atoms with Crippen LogP contribution in [0, 0.1) is 0 Å². The number of hydrogen-bond donors (Lipinski definition) is 2. The van der Waals surface area contributed by atoms with E-state index in [0.29, 0.717) is 30.1 Å². The predicted octanol–water partition coefficient (Wildman–Crippen LogP) is 1.96. The highest BCUT2D eigenvalue weighted by molar-refractivity contribution is 5.43. The summed E-state index contributed by atoms with van der Waals surface area (Å²) in [6.45, 7) is 8.18. The van der Waals surface area contributed by atoms with Crippen molar-refractivity contribution in [2.24, 2.45) is 0 Å².